The molecule has 1 aromatic heterocycles. The van der Waals surface area contributed by atoms with Crippen LogP contribution in [0.2, 0.25) is 0 Å². The minimum absolute atomic E-state index is 0.0630. The molecule has 17 heteroatoms. The van der Waals surface area contributed by atoms with Gasteiger partial charge in [-0.05, 0) is 44.5 Å². The largest absolute Gasteiger partial charge is 0.465 e. The van der Waals surface area contributed by atoms with Gasteiger partial charge in [0.25, 0.3) is 0 Å². The summed E-state index contributed by atoms with van der Waals surface area (Å²) in [5, 5.41) is 27.3. The van der Waals surface area contributed by atoms with Gasteiger partial charge in [-0.3, -0.25) is 13.9 Å². The first kappa shape index (κ1) is 29.1. The molecule has 0 amide bonds. The van der Waals surface area contributed by atoms with Crippen LogP contribution < -0.4 is 21.0 Å². The summed E-state index contributed by atoms with van der Waals surface area (Å²) in [5.74, 6) is -0.748. The maximum Gasteiger partial charge on any atom is 0.459 e. The number of nitrogens with zero attached hydrogens (tertiary/aromatic N) is 5. The van der Waals surface area contributed by atoms with Crippen molar-refractivity contribution in [1.82, 2.24) is 14.6 Å². The molecule has 0 saturated carbocycles. The number of aliphatic hydroxyl groups excluding tert-OH is 2. The number of nitrogen functional groups attached to an aromatic ring is 1. The molecule has 1 aromatic carbocycles. The van der Waals surface area contributed by atoms with Crippen molar-refractivity contribution in [2.24, 2.45) is 5.11 Å². The van der Waals surface area contributed by atoms with Crippen molar-refractivity contribution < 1.29 is 38.1 Å². The van der Waals surface area contributed by atoms with Crippen LogP contribution in [-0.4, -0.2) is 62.9 Å². The van der Waals surface area contributed by atoms with Gasteiger partial charge in [-0.25, -0.2) is 9.36 Å². The minimum Gasteiger partial charge on any atom is -0.465 e. The second-order valence-electron chi connectivity index (χ2n) is 8.30. The van der Waals surface area contributed by atoms with Crippen LogP contribution in [0.15, 0.2) is 46.4 Å². The molecule has 206 valence electrons. The summed E-state index contributed by atoms with van der Waals surface area (Å²) in [6.45, 7) is 3.90. The topological polar surface area (TPSA) is 233 Å². The van der Waals surface area contributed by atoms with Crippen LogP contribution in [0.25, 0.3) is 10.4 Å². The second-order valence-corrected chi connectivity index (χ2v) is 9.99. The summed E-state index contributed by atoms with van der Waals surface area (Å²) >= 11 is 0. The first-order chi connectivity index (χ1) is 17.9. The van der Waals surface area contributed by atoms with Crippen LogP contribution in [-0.2, 0) is 23.4 Å². The number of nitrogens with two attached hydrogens (primary N) is 1. The Morgan fingerprint density at radius 2 is 2.08 bits per heavy atom. The third-order valence-corrected chi connectivity index (χ3v) is 7.05. The molecule has 1 aliphatic rings. The molecular formula is C21H28N7O9P. The number of azide groups is 1. The quantitative estimate of drug-likeness (QED) is 0.101. The zero-order valence-electron chi connectivity index (χ0n) is 20.7. The van der Waals surface area contributed by atoms with E-state index in [0.717, 1.165) is 16.3 Å². The third-order valence-electron chi connectivity index (χ3n) is 5.42. The molecule has 0 radical (unpaired) electrons. The summed E-state index contributed by atoms with van der Waals surface area (Å²) < 4.78 is 36.1. The average molecular weight is 553 g/mol. The fourth-order valence-electron chi connectivity index (χ4n) is 3.48. The van der Waals surface area contributed by atoms with Gasteiger partial charge in [0, 0.05) is 11.1 Å². The van der Waals surface area contributed by atoms with E-state index >= 15 is 0 Å². The van der Waals surface area contributed by atoms with Crippen LogP contribution >= 0.6 is 7.75 Å². The maximum atomic E-state index is 13.7. The SMILES string of the molecule is CCOC(=O)[C@H](C)NP(=O)(OCC1(N=[N+]=[N-])O[C@@H](n2ccc(N)nc2=O)[C@H](O)[C@@H]1O)Oc1ccc(C)cc1. The molecule has 0 spiro atoms. The lowest BCUT2D eigenvalue weighted by molar-refractivity contribution is -0.144. The van der Waals surface area contributed by atoms with E-state index in [1.54, 1.807) is 19.1 Å². The van der Waals surface area contributed by atoms with E-state index in [4.69, 9.17) is 29.8 Å². The van der Waals surface area contributed by atoms with E-state index in [1.165, 1.54) is 25.1 Å². The zero-order chi connectivity index (χ0) is 28.1. The maximum absolute atomic E-state index is 13.7. The van der Waals surface area contributed by atoms with Gasteiger partial charge < -0.3 is 29.9 Å². The Labute approximate surface area is 216 Å². The zero-order valence-corrected chi connectivity index (χ0v) is 21.6. The van der Waals surface area contributed by atoms with E-state index in [-0.39, 0.29) is 18.2 Å². The molecule has 0 bridgehead atoms. The van der Waals surface area contributed by atoms with Crippen molar-refractivity contribution in [2.45, 2.75) is 51.0 Å². The van der Waals surface area contributed by atoms with Crippen LogP contribution in [0.3, 0.4) is 0 Å². The summed E-state index contributed by atoms with van der Waals surface area (Å²) in [4.78, 5) is 30.6. The van der Waals surface area contributed by atoms with Crippen LogP contribution in [0.1, 0.15) is 25.6 Å². The van der Waals surface area contributed by atoms with E-state index in [0.29, 0.717) is 0 Å². The summed E-state index contributed by atoms with van der Waals surface area (Å²) in [7, 11) is -4.47. The highest BCUT2D eigenvalue weighted by molar-refractivity contribution is 7.52. The van der Waals surface area contributed by atoms with Gasteiger partial charge >= 0.3 is 19.4 Å². The van der Waals surface area contributed by atoms with Gasteiger partial charge in [0.1, 0.15) is 29.8 Å². The van der Waals surface area contributed by atoms with Gasteiger partial charge in [-0.1, -0.05) is 22.8 Å². The minimum atomic E-state index is -4.47. The number of aromatic nitrogens is 2. The van der Waals surface area contributed by atoms with Crippen molar-refractivity contribution in [3.63, 3.8) is 0 Å². The van der Waals surface area contributed by atoms with E-state index < -0.39 is 56.2 Å². The monoisotopic (exact) mass is 553 g/mol. The standard InChI is InChI=1S/C21H28N7O9P/c1-4-34-19(31)13(3)25-38(33,37-14-7-5-12(2)6-8-14)35-11-21(26-27-23)17(30)16(29)18(36-21)28-10-9-15(22)24-20(28)32/h5-10,13,16-18,29-30H,4,11H2,1-3H3,(H,25,33)(H2,22,24,32)/t13-,16+,17-,18+,21?,38?/m0/s1. The van der Waals surface area contributed by atoms with Crippen LogP contribution in [0.5, 0.6) is 5.75 Å². The van der Waals surface area contributed by atoms with Crippen LogP contribution in [0, 0.1) is 6.92 Å². The first-order valence-electron chi connectivity index (χ1n) is 11.3. The van der Waals surface area contributed by atoms with Crippen LogP contribution in [0.4, 0.5) is 5.82 Å². The van der Waals surface area contributed by atoms with Crippen molar-refractivity contribution >= 4 is 19.5 Å². The highest BCUT2D eigenvalue weighted by Crippen LogP contribution is 2.48. The molecule has 38 heavy (non-hydrogen) atoms. The molecule has 2 unspecified atom stereocenters. The number of benzene rings is 1. The molecule has 1 fully saturated rings. The number of hydrogen-bond donors (Lipinski definition) is 4. The number of aryl methyl sites for hydroxylation is 1. The number of aliphatic hydroxyl groups is 2. The molecule has 5 N–H and O–H groups in total. The van der Waals surface area contributed by atoms with Crippen molar-refractivity contribution in [3.05, 3.63) is 63.0 Å². The fourth-order valence-corrected chi connectivity index (χ4v) is 5.00. The van der Waals surface area contributed by atoms with E-state index in [2.05, 4.69) is 20.1 Å². The smallest absolute Gasteiger partial charge is 0.459 e. The predicted octanol–water partition coefficient (Wildman–Crippen LogP) is 1.14. The fraction of sp³-hybridized carbons (Fsp3) is 0.476. The van der Waals surface area contributed by atoms with Gasteiger partial charge in [0.15, 0.2) is 6.23 Å². The first-order valence-corrected chi connectivity index (χ1v) is 12.9. The Hall–Kier alpha value is -3.49. The Bertz CT molecular complexity index is 1300. The highest BCUT2D eigenvalue weighted by atomic mass is 31.2. The van der Waals surface area contributed by atoms with Crippen molar-refractivity contribution in [3.8, 4) is 5.75 Å². The number of rotatable bonds is 11. The van der Waals surface area contributed by atoms with E-state index in [9.17, 15) is 24.4 Å². The molecule has 16 nitrogen and oxygen atoms in total. The predicted molar refractivity (Wildman–Crippen MR) is 132 cm³/mol. The molecule has 1 aliphatic heterocycles. The second kappa shape index (κ2) is 11.9. The third kappa shape index (κ3) is 6.49. The Morgan fingerprint density at radius 1 is 1.39 bits per heavy atom. The molecule has 0 aliphatic carbocycles. The Morgan fingerprint density at radius 3 is 2.68 bits per heavy atom. The normalized spacial score (nSPS) is 25.1. The van der Waals surface area contributed by atoms with Gasteiger partial charge in [0.05, 0.1) is 13.2 Å². The van der Waals surface area contributed by atoms with Crippen molar-refractivity contribution in [2.75, 3.05) is 18.9 Å². The lowest BCUT2D eigenvalue weighted by atomic mass is 10.1. The molecule has 2 aromatic rings. The number of carbonyl (C=O) groups excluding carboxylic acids is 1. The highest BCUT2D eigenvalue weighted by Gasteiger charge is 2.56. The number of ether oxygens (including phenoxy) is 2. The number of nitrogens with one attached hydrogen (secondary N) is 1. The molecule has 6 atom stereocenters. The van der Waals surface area contributed by atoms with Gasteiger partial charge in [-0.15, -0.1) is 0 Å². The Kier molecular flexibility index (Phi) is 9.12. The molecule has 3 rings (SSSR count). The lowest BCUT2D eigenvalue weighted by Gasteiger charge is -2.29. The summed E-state index contributed by atoms with van der Waals surface area (Å²) in [6, 6.07) is 6.45. The number of hydrogen-bond acceptors (Lipinski definition) is 12. The lowest BCUT2D eigenvalue weighted by Crippen LogP contribution is -2.45. The molecular weight excluding hydrogens is 525 g/mol. The number of carbonyl (C=O) groups is 1. The van der Waals surface area contributed by atoms with Crippen molar-refractivity contribution in [1.29, 1.82) is 0 Å². The van der Waals surface area contributed by atoms with Gasteiger partial charge in [0.2, 0.25) is 5.72 Å². The Balaban J connectivity index is 1.92. The summed E-state index contributed by atoms with van der Waals surface area (Å²) in [5.41, 5.74) is 12.2. The number of anilines is 1. The van der Waals surface area contributed by atoms with E-state index in [1.807, 2.05) is 6.92 Å². The molecule has 1 saturated heterocycles. The molecule has 2 heterocycles. The number of esters is 1. The summed E-state index contributed by atoms with van der Waals surface area (Å²) in [6.07, 6.45) is -4.19. The van der Waals surface area contributed by atoms with Gasteiger partial charge in [-0.2, -0.15) is 10.1 Å². The average Bonchev–Trinajstić information content (AvgIpc) is 3.10.